The zero-order chi connectivity index (χ0) is 23.7. The Morgan fingerprint density at radius 2 is 1.88 bits per heavy atom. The third-order valence-corrected chi connectivity index (χ3v) is 4.42. The molecule has 3 rings (SSSR count). The van der Waals surface area contributed by atoms with Gasteiger partial charge >= 0.3 is 0 Å². The smallest absolute Gasteiger partial charge is 0.256 e. The molecule has 0 unspecified atom stereocenters. The lowest BCUT2D eigenvalue weighted by molar-refractivity contribution is 0.102. The van der Waals surface area contributed by atoms with E-state index in [4.69, 9.17) is 4.74 Å². The molecule has 0 saturated heterocycles. The van der Waals surface area contributed by atoms with Crippen molar-refractivity contribution in [3.8, 4) is 5.75 Å². The minimum absolute atomic E-state index is 0.0359. The summed E-state index contributed by atoms with van der Waals surface area (Å²) in [5, 5.41) is 12.0. The van der Waals surface area contributed by atoms with Crippen molar-refractivity contribution in [1.82, 2.24) is 4.98 Å². The van der Waals surface area contributed by atoms with Gasteiger partial charge in [-0.1, -0.05) is 31.7 Å². The van der Waals surface area contributed by atoms with Crippen molar-refractivity contribution >= 4 is 17.5 Å². The van der Waals surface area contributed by atoms with E-state index in [1.807, 2.05) is 39.0 Å². The van der Waals surface area contributed by atoms with Gasteiger partial charge in [0, 0.05) is 17.3 Å². The Bertz CT molecular complexity index is 1040. The number of carbonyl (C=O) groups excluding carboxylic acids is 1. The molecule has 0 saturated carbocycles. The molecular weight excluding hydrogens is 407 g/mol. The van der Waals surface area contributed by atoms with E-state index in [0.29, 0.717) is 28.3 Å². The van der Waals surface area contributed by atoms with Gasteiger partial charge in [-0.3, -0.25) is 4.79 Å². The lowest BCUT2D eigenvalue weighted by Gasteiger charge is -2.13. The van der Waals surface area contributed by atoms with Crippen LogP contribution in [0.4, 0.5) is 10.2 Å². The van der Waals surface area contributed by atoms with Gasteiger partial charge in [-0.05, 0) is 74.7 Å². The second kappa shape index (κ2) is 11.6. The molecule has 2 aromatic carbocycles. The zero-order valence-electron chi connectivity index (χ0n) is 18.9. The number of aliphatic hydroxyl groups is 1. The first-order valence-corrected chi connectivity index (χ1v) is 10.4. The average Bonchev–Trinajstić information content (AvgIpc) is 2.76. The molecule has 6 heteroatoms. The van der Waals surface area contributed by atoms with Gasteiger partial charge in [0.05, 0.1) is 6.10 Å². The lowest BCUT2D eigenvalue weighted by atomic mass is 10.1. The summed E-state index contributed by atoms with van der Waals surface area (Å²) in [5.41, 5.74) is 2.75. The molecule has 1 aromatic heterocycles. The van der Waals surface area contributed by atoms with Crippen LogP contribution in [0.25, 0.3) is 5.76 Å². The molecule has 0 aliphatic rings. The van der Waals surface area contributed by atoms with E-state index in [9.17, 15) is 14.3 Å². The fraction of sp³-hybridized carbons (Fsp3) is 0.231. The topological polar surface area (TPSA) is 71.5 Å². The van der Waals surface area contributed by atoms with Crippen LogP contribution in [0.5, 0.6) is 5.75 Å². The summed E-state index contributed by atoms with van der Waals surface area (Å²) in [6.07, 6.45) is 2.29. The molecule has 0 atom stereocenters. The van der Waals surface area contributed by atoms with Crippen molar-refractivity contribution in [3.63, 3.8) is 0 Å². The highest BCUT2D eigenvalue weighted by Gasteiger charge is 2.11. The summed E-state index contributed by atoms with van der Waals surface area (Å²) >= 11 is 0. The highest BCUT2D eigenvalue weighted by atomic mass is 19.1. The molecule has 168 valence electrons. The van der Waals surface area contributed by atoms with Crippen molar-refractivity contribution < 1.29 is 19.0 Å². The van der Waals surface area contributed by atoms with E-state index in [-0.39, 0.29) is 23.6 Å². The van der Waals surface area contributed by atoms with Gasteiger partial charge in [0.2, 0.25) is 0 Å². The van der Waals surface area contributed by atoms with E-state index < -0.39 is 0 Å². The van der Waals surface area contributed by atoms with Gasteiger partial charge in [-0.25, -0.2) is 9.37 Å². The van der Waals surface area contributed by atoms with E-state index in [1.54, 1.807) is 37.3 Å². The molecule has 0 aliphatic carbocycles. The highest BCUT2D eigenvalue weighted by Crippen LogP contribution is 2.20. The van der Waals surface area contributed by atoms with Crippen LogP contribution < -0.4 is 10.1 Å². The maximum atomic E-state index is 12.5. The first kappa shape index (κ1) is 24.6. The van der Waals surface area contributed by atoms with Gasteiger partial charge in [-0.15, -0.1) is 0 Å². The second-order valence-electron chi connectivity index (χ2n) is 7.47. The first-order valence-electron chi connectivity index (χ1n) is 10.4. The number of hydrogen-bond acceptors (Lipinski definition) is 4. The monoisotopic (exact) mass is 436 g/mol. The molecule has 0 fully saturated rings. The summed E-state index contributed by atoms with van der Waals surface area (Å²) < 4.78 is 18.0. The van der Waals surface area contributed by atoms with Crippen LogP contribution in [0, 0.1) is 12.7 Å². The fourth-order valence-electron chi connectivity index (χ4n) is 2.71. The first-order chi connectivity index (χ1) is 15.2. The van der Waals surface area contributed by atoms with Crippen LogP contribution in [0.2, 0.25) is 0 Å². The number of aliphatic hydroxyl groups excluding tert-OH is 1. The standard InChI is InChI=1S/C19H22N2O3.C7H7F/c1-5-14-8-16(10-17(9-14)24-12(2)3)19(23)21-18-7-6-15(11-20-18)13(4)22;1-6-4-2-3-5-7(6)8/h6-12,22H,4-5H2,1-3H3,(H,20,21,23);2-5H,1H3. The average molecular weight is 437 g/mol. The minimum Gasteiger partial charge on any atom is -0.508 e. The molecular formula is C26H29FN2O3. The maximum Gasteiger partial charge on any atom is 0.256 e. The van der Waals surface area contributed by atoms with Gasteiger partial charge in [0.25, 0.3) is 5.91 Å². The number of halogens is 1. The Kier molecular flexibility index (Phi) is 8.95. The number of hydrogen-bond donors (Lipinski definition) is 2. The van der Waals surface area contributed by atoms with Crippen LogP contribution in [0.3, 0.4) is 0 Å². The number of pyridine rings is 1. The number of ether oxygens (including phenoxy) is 1. The Hall–Kier alpha value is -3.67. The van der Waals surface area contributed by atoms with Crippen LogP contribution in [-0.2, 0) is 6.42 Å². The van der Waals surface area contributed by atoms with Gasteiger partial charge in [0.1, 0.15) is 23.1 Å². The number of rotatable bonds is 6. The van der Waals surface area contributed by atoms with Crippen molar-refractivity contribution in [1.29, 1.82) is 0 Å². The number of aromatic nitrogens is 1. The van der Waals surface area contributed by atoms with Crippen LogP contribution in [0.15, 0.2) is 67.4 Å². The molecule has 0 spiro atoms. The van der Waals surface area contributed by atoms with E-state index in [2.05, 4.69) is 16.9 Å². The van der Waals surface area contributed by atoms with E-state index in [1.165, 1.54) is 12.3 Å². The van der Waals surface area contributed by atoms with Crippen molar-refractivity contribution in [2.45, 2.75) is 40.2 Å². The van der Waals surface area contributed by atoms with Crippen molar-refractivity contribution in [2.24, 2.45) is 0 Å². The van der Waals surface area contributed by atoms with E-state index in [0.717, 1.165) is 12.0 Å². The Morgan fingerprint density at radius 1 is 1.16 bits per heavy atom. The zero-order valence-corrected chi connectivity index (χ0v) is 18.9. The fourth-order valence-corrected chi connectivity index (χ4v) is 2.71. The lowest BCUT2D eigenvalue weighted by Crippen LogP contribution is -2.14. The summed E-state index contributed by atoms with van der Waals surface area (Å²) in [5.74, 6) is 0.619. The summed E-state index contributed by atoms with van der Waals surface area (Å²) in [6, 6.07) is 15.5. The highest BCUT2D eigenvalue weighted by molar-refractivity contribution is 6.04. The predicted octanol–water partition coefficient (Wildman–Crippen LogP) is 6.35. The number of aryl methyl sites for hydroxylation is 2. The Labute approximate surface area is 188 Å². The van der Waals surface area contributed by atoms with Crippen LogP contribution in [0.1, 0.15) is 47.8 Å². The van der Waals surface area contributed by atoms with Gasteiger partial charge in [-0.2, -0.15) is 0 Å². The van der Waals surface area contributed by atoms with Crippen molar-refractivity contribution in [3.05, 3.63) is 95.4 Å². The summed E-state index contributed by atoms with van der Waals surface area (Å²) in [4.78, 5) is 16.6. The van der Waals surface area contributed by atoms with Crippen LogP contribution >= 0.6 is 0 Å². The normalized spacial score (nSPS) is 10.2. The molecule has 3 aromatic rings. The molecule has 5 nitrogen and oxygen atoms in total. The maximum absolute atomic E-state index is 12.5. The number of benzene rings is 2. The molecule has 0 bridgehead atoms. The third kappa shape index (κ3) is 7.54. The van der Waals surface area contributed by atoms with Gasteiger partial charge < -0.3 is 15.2 Å². The third-order valence-electron chi connectivity index (χ3n) is 4.42. The number of carbonyl (C=O) groups is 1. The largest absolute Gasteiger partial charge is 0.508 e. The summed E-state index contributed by atoms with van der Waals surface area (Å²) in [7, 11) is 0. The van der Waals surface area contributed by atoms with Crippen LogP contribution in [-0.4, -0.2) is 22.1 Å². The number of nitrogens with zero attached hydrogens (tertiary/aromatic N) is 1. The quantitative estimate of drug-likeness (QED) is 0.442. The van der Waals surface area contributed by atoms with Crippen molar-refractivity contribution in [2.75, 3.05) is 5.32 Å². The number of amides is 1. The Balaban J connectivity index is 0.000000380. The molecule has 1 amide bonds. The van der Waals surface area contributed by atoms with E-state index >= 15 is 0 Å². The second-order valence-corrected chi connectivity index (χ2v) is 7.47. The molecule has 0 radical (unpaired) electrons. The number of nitrogens with one attached hydrogen (secondary N) is 1. The molecule has 1 heterocycles. The van der Waals surface area contributed by atoms with Gasteiger partial charge in [0.15, 0.2) is 0 Å². The summed E-state index contributed by atoms with van der Waals surface area (Å²) in [6.45, 7) is 11.1. The molecule has 2 N–H and O–H groups in total. The molecule has 32 heavy (non-hydrogen) atoms. The minimum atomic E-state index is -0.262. The number of anilines is 1. The predicted molar refractivity (Wildman–Crippen MR) is 127 cm³/mol. The Morgan fingerprint density at radius 3 is 2.38 bits per heavy atom. The molecule has 0 aliphatic heterocycles. The SMILES string of the molecule is C=C(O)c1ccc(NC(=O)c2cc(CC)cc(OC(C)C)c2)nc1.Cc1ccccc1F.